The number of H-pyrrole nitrogens is 2. The van der Waals surface area contributed by atoms with Crippen LogP contribution in [0.25, 0.3) is 44.5 Å². The van der Waals surface area contributed by atoms with Gasteiger partial charge in [0.25, 0.3) is 0 Å². The molecule has 5 aromatic rings. The predicted molar refractivity (Wildman–Crippen MR) is 218 cm³/mol. The Morgan fingerprint density at radius 3 is 1.72 bits per heavy atom. The first kappa shape index (κ1) is 40.0. The number of aromatic nitrogens is 5. The van der Waals surface area contributed by atoms with Crippen LogP contribution in [0.1, 0.15) is 77.1 Å². The topological polar surface area (TPSA) is 188 Å². The van der Waals surface area contributed by atoms with Gasteiger partial charge in [-0.05, 0) is 60.8 Å². The minimum Gasteiger partial charge on any atom is -0.453 e. The number of aromatic amines is 2. The SMILES string of the molecule is COC(=O)N[C@H](C(=O)N1CCC[C@H]1c1nc(-c2ccc(-c3ccc(-c4c[nH]c([C@@H]5CCCN5C(=O)[C@@H](NC(=O)OC)C(C)C)n4)c4ncccc34)cc2)c[nH]1)C(C)C. The summed E-state index contributed by atoms with van der Waals surface area (Å²) in [7, 11) is 2.57. The Bertz CT molecular complexity index is 2280. The van der Waals surface area contributed by atoms with Gasteiger partial charge in [0.05, 0.1) is 43.2 Å². The number of amides is 4. The lowest BCUT2D eigenvalue weighted by Crippen LogP contribution is -2.51. The third-order valence-corrected chi connectivity index (χ3v) is 11.2. The molecule has 0 radical (unpaired) electrons. The number of ether oxygens (including phenoxy) is 2. The van der Waals surface area contributed by atoms with Crippen molar-refractivity contribution in [3.63, 3.8) is 0 Å². The number of hydrogen-bond acceptors (Lipinski definition) is 9. The monoisotopic (exact) mass is 789 g/mol. The molecule has 4 amide bonds. The van der Waals surface area contributed by atoms with Gasteiger partial charge in [-0.1, -0.05) is 64.1 Å². The van der Waals surface area contributed by atoms with Gasteiger partial charge in [0.15, 0.2) is 0 Å². The molecule has 4 N–H and O–H groups in total. The van der Waals surface area contributed by atoms with Crippen LogP contribution in [0.4, 0.5) is 9.59 Å². The third-order valence-electron chi connectivity index (χ3n) is 11.2. The van der Waals surface area contributed by atoms with Gasteiger partial charge in [-0.3, -0.25) is 14.6 Å². The number of carbonyl (C=O) groups is 4. The molecule has 15 nitrogen and oxygen atoms in total. The zero-order valence-electron chi connectivity index (χ0n) is 33.7. The number of benzene rings is 2. The first-order chi connectivity index (χ1) is 28.0. The summed E-state index contributed by atoms with van der Waals surface area (Å²) in [4.78, 5) is 76.3. The summed E-state index contributed by atoms with van der Waals surface area (Å²) < 4.78 is 9.55. The molecule has 0 unspecified atom stereocenters. The Kier molecular flexibility index (Phi) is 11.8. The number of methoxy groups -OCH3 is 2. The van der Waals surface area contributed by atoms with E-state index in [2.05, 4.69) is 44.9 Å². The predicted octanol–water partition coefficient (Wildman–Crippen LogP) is 6.77. The van der Waals surface area contributed by atoms with E-state index in [1.807, 2.05) is 64.4 Å². The van der Waals surface area contributed by atoms with Gasteiger partial charge in [-0.2, -0.15) is 0 Å². The largest absolute Gasteiger partial charge is 0.453 e. The highest BCUT2D eigenvalue weighted by molar-refractivity contribution is 6.02. The van der Waals surface area contributed by atoms with E-state index in [4.69, 9.17) is 24.4 Å². The molecular formula is C43H51N9O6. The number of fused-ring (bicyclic) bond motifs is 1. The lowest BCUT2D eigenvalue weighted by atomic mass is 9.96. The second-order valence-corrected chi connectivity index (χ2v) is 15.6. The van der Waals surface area contributed by atoms with E-state index < -0.39 is 24.3 Å². The summed E-state index contributed by atoms with van der Waals surface area (Å²) in [6.07, 6.45) is 7.42. The van der Waals surface area contributed by atoms with Gasteiger partial charge < -0.3 is 39.9 Å². The van der Waals surface area contributed by atoms with Gasteiger partial charge in [0, 0.05) is 48.2 Å². The number of likely N-dealkylation sites (tertiary alicyclic amines) is 2. The van der Waals surface area contributed by atoms with Crippen molar-refractivity contribution in [3.8, 4) is 33.6 Å². The molecule has 0 bridgehead atoms. The van der Waals surface area contributed by atoms with Crippen molar-refractivity contribution < 1.29 is 28.7 Å². The molecule has 2 saturated heterocycles. The van der Waals surface area contributed by atoms with Gasteiger partial charge >= 0.3 is 12.2 Å². The van der Waals surface area contributed by atoms with Crippen LogP contribution in [0.2, 0.25) is 0 Å². The maximum absolute atomic E-state index is 13.7. The van der Waals surface area contributed by atoms with Gasteiger partial charge in [0.1, 0.15) is 23.7 Å². The maximum Gasteiger partial charge on any atom is 0.407 e. The number of alkyl carbamates (subject to hydrolysis) is 2. The Labute approximate surface area is 337 Å². The zero-order valence-corrected chi connectivity index (χ0v) is 33.7. The molecule has 2 aliphatic heterocycles. The molecule has 4 atom stereocenters. The molecule has 3 aromatic heterocycles. The zero-order chi connectivity index (χ0) is 41.1. The molecular weight excluding hydrogens is 739 g/mol. The highest BCUT2D eigenvalue weighted by atomic mass is 16.5. The van der Waals surface area contributed by atoms with Crippen LogP contribution < -0.4 is 10.6 Å². The highest BCUT2D eigenvalue weighted by Gasteiger charge is 2.39. The second-order valence-electron chi connectivity index (χ2n) is 15.6. The minimum atomic E-state index is -0.712. The maximum atomic E-state index is 13.7. The van der Waals surface area contributed by atoms with E-state index in [9.17, 15) is 19.2 Å². The van der Waals surface area contributed by atoms with E-state index in [0.29, 0.717) is 24.7 Å². The molecule has 5 heterocycles. The van der Waals surface area contributed by atoms with E-state index >= 15 is 0 Å². The molecule has 0 saturated carbocycles. The lowest BCUT2D eigenvalue weighted by molar-refractivity contribution is -0.136. The molecule has 0 spiro atoms. The number of rotatable bonds is 11. The molecule has 2 fully saturated rings. The van der Waals surface area contributed by atoms with Crippen LogP contribution in [0.3, 0.4) is 0 Å². The van der Waals surface area contributed by atoms with Crippen LogP contribution >= 0.6 is 0 Å². The molecule has 7 rings (SSSR count). The quantitative estimate of drug-likeness (QED) is 0.112. The van der Waals surface area contributed by atoms with Crippen molar-refractivity contribution in [2.45, 2.75) is 77.5 Å². The van der Waals surface area contributed by atoms with Crippen LogP contribution in [0, 0.1) is 11.8 Å². The highest BCUT2D eigenvalue weighted by Crippen LogP contribution is 2.38. The molecule has 15 heteroatoms. The Morgan fingerprint density at radius 1 is 0.690 bits per heavy atom. The summed E-state index contributed by atoms with van der Waals surface area (Å²) in [6.45, 7) is 8.74. The normalized spacial score (nSPS) is 17.8. The van der Waals surface area contributed by atoms with Crippen LogP contribution in [0.5, 0.6) is 0 Å². The summed E-state index contributed by atoms with van der Waals surface area (Å²) in [5.74, 6) is 0.852. The molecule has 0 aliphatic carbocycles. The molecule has 2 aliphatic rings. The van der Waals surface area contributed by atoms with Crippen molar-refractivity contribution in [1.82, 2.24) is 45.4 Å². The first-order valence-corrected chi connectivity index (χ1v) is 19.9. The fraction of sp³-hybridized carbons (Fsp3) is 0.419. The van der Waals surface area contributed by atoms with Crippen LogP contribution in [-0.4, -0.2) is 98.1 Å². The number of hydrogen-bond donors (Lipinski definition) is 4. The van der Waals surface area contributed by atoms with Gasteiger partial charge in [0.2, 0.25) is 11.8 Å². The third kappa shape index (κ3) is 7.98. The Balaban J connectivity index is 1.09. The summed E-state index contributed by atoms with van der Waals surface area (Å²) >= 11 is 0. The van der Waals surface area contributed by atoms with Crippen molar-refractivity contribution in [3.05, 3.63) is 78.8 Å². The van der Waals surface area contributed by atoms with E-state index in [1.165, 1.54) is 14.2 Å². The average molecular weight is 790 g/mol. The number of carbonyl (C=O) groups excluding carboxylic acids is 4. The standard InChI is InChI=1S/C43H51N9O6/c1-24(2)35(49-42(55)57-5)40(53)51-20-8-11-33(51)38-45-22-31(47-38)27-15-13-26(14-16-27)28-17-18-30(37-29(28)10-7-19-44-37)32-23-46-39(48-32)34-12-9-21-52(34)41(54)36(25(3)4)50-43(56)58-6/h7,10,13-19,22-25,33-36H,8-9,11-12,20-21H2,1-6H3,(H,45,47)(H,46,48)(H,49,55)(H,50,56)/t33-,34-,35-,36-/m0/s1. The second kappa shape index (κ2) is 17.1. The van der Waals surface area contributed by atoms with Crippen LogP contribution in [0.15, 0.2) is 67.1 Å². The first-order valence-electron chi connectivity index (χ1n) is 19.9. The summed E-state index contributed by atoms with van der Waals surface area (Å²) in [5.41, 5.74) is 6.12. The Hall–Kier alpha value is -6.25. The number of imidazole rings is 2. The summed E-state index contributed by atoms with van der Waals surface area (Å²) in [6, 6.07) is 14.4. The average Bonchev–Trinajstić information content (AvgIpc) is 4.08. The van der Waals surface area contributed by atoms with Crippen molar-refractivity contribution >= 4 is 34.9 Å². The number of nitrogens with one attached hydrogen (secondary N) is 4. The molecule has 304 valence electrons. The van der Waals surface area contributed by atoms with Gasteiger partial charge in [-0.15, -0.1) is 0 Å². The number of nitrogens with zero attached hydrogens (tertiary/aromatic N) is 5. The van der Waals surface area contributed by atoms with E-state index in [0.717, 1.165) is 70.2 Å². The van der Waals surface area contributed by atoms with Gasteiger partial charge in [-0.25, -0.2) is 19.6 Å². The van der Waals surface area contributed by atoms with Crippen molar-refractivity contribution in [2.24, 2.45) is 11.8 Å². The fourth-order valence-corrected chi connectivity index (χ4v) is 8.14. The summed E-state index contributed by atoms with van der Waals surface area (Å²) in [5, 5.41) is 6.37. The fourth-order valence-electron chi connectivity index (χ4n) is 8.14. The van der Waals surface area contributed by atoms with Crippen LogP contribution in [-0.2, 0) is 19.1 Å². The minimum absolute atomic E-state index is 0.115. The number of pyridine rings is 1. The molecule has 2 aromatic carbocycles. The van der Waals surface area contributed by atoms with E-state index in [1.54, 1.807) is 16.0 Å². The van der Waals surface area contributed by atoms with Crippen molar-refractivity contribution in [1.29, 1.82) is 0 Å². The lowest BCUT2D eigenvalue weighted by Gasteiger charge is -2.29. The molecule has 58 heavy (non-hydrogen) atoms. The van der Waals surface area contributed by atoms with Crippen molar-refractivity contribution in [2.75, 3.05) is 27.3 Å². The van der Waals surface area contributed by atoms with E-state index in [-0.39, 0.29) is 35.7 Å². The Morgan fingerprint density at radius 2 is 1.19 bits per heavy atom. The smallest absolute Gasteiger partial charge is 0.407 e.